The highest BCUT2D eigenvalue weighted by Gasteiger charge is 2.33. The second-order valence-electron chi connectivity index (χ2n) is 9.64. The zero-order chi connectivity index (χ0) is 29.1. The smallest absolute Gasteiger partial charge is 0.264 e. The molecule has 0 aliphatic heterocycles. The number of rotatable bonds is 14. The number of halogens is 1. The van der Waals surface area contributed by atoms with Crippen molar-refractivity contribution in [3.05, 3.63) is 95.0 Å². The van der Waals surface area contributed by atoms with E-state index in [2.05, 4.69) is 5.32 Å². The fraction of sp³-hybridized carbons (Fsp3) is 0.355. The molecule has 1 atom stereocenters. The van der Waals surface area contributed by atoms with Gasteiger partial charge in [0.1, 0.15) is 12.6 Å². The van der Waals surface area contributed by atoms with Gasteiger partial charge < -0.3 is 10.2 Å². The Balaban J connectivity index is 1.99. The summed E-state index contributed by atoms with van der Waals surface area (Å²) in [6.07, 6.45) is 2.69. The number of sulfonamides is 1. The highest BCUT2D eigenvalue weighted by atomic mass is 35.5. The van der Waals surface area contributed by atoms with Gasteiger partial charge in [0.05, 0.1) is 10.6 Å². The van der Waals surface area contributed by atoms with Crippen LogP contribution in [0.3, 0.4) is 0 Å². The van der Waals surface area contributed by atoms with Crippen molar-refractivity contribution in [2.24, 2.45) is 0 Å². The van der Waals surface area contributed by atoms with Crippen molar-refractivity contribution in [1.82, 2.24) is 10.2 Å². The summed E-state index contributed by atoms with van der Waals surface area (Å²) < 4.78 is 29.0. The normalized spacial score (nSPS) is 12.0. The molecule has 3 rings (SSSR count). The van der Waals surface area contributed by atoms with E-state index in [0.29, 0.717) is 35.7 Å². The lowest BCUT2D eigenvalue weighted by atomic mass is 10.1. The fourth-order valence-corrected chi connectivity index (χ4v) is 6.10. The van der Waals surface area contributed by atoms with E-state index in [4.69, 9.17) is 11.6 Å². The molecule has 0 aliphatic rings. The molecule has 0 bridgehead atoms. The number of carbonyl (C=O) groups excluding carboxylic acids is 2. The number of carbonyl (C=O) groups is 2. The van der Waals surface area contributed by atoms with Crippen LogP contribution in [-0.2, 0) is 26.0 Å². The number of nitrogens with zero attached hydrogens (tertiary/aromatic N) is 2. The third kappa shape index (κ3) is 8.08. The van der Waals surface area contributed by atoms with E-state index < -0.39 is 28.5 Å². The van der Waals surface area contributed by atoms with Crippen molar-refractivity contribution in [2.45, 2.75) is 57.4 Å². The van der Waals surface area contributed by atoms with Crippen LogP contribution in [0.15, 0.2) is 83.8 Å². The zero-order valence-corrected chi connectivity index (χ0v) is 24.9. The van der Waals surface area contributed by atoms with Gasteiger partial charge in [-0.25, -0.2) is 8.42 Å². The summed E-state index contributed by atoms with van der Waals surface area (Å²) in [5.74, 6) is -0.686. The second-order valence-corrected chi connectivity index (χ2v) is 11.9. The molecule has 1 N–H and O–H groups in total. The topological polar surface area (TPSA) is 86.8 Å². The molecule has 0 unspecified atom stereocenters. The van der Waals surface area contributed by atoms with Gasteiger partial charge in [0.25, 0.3) is 10.0 Å². The average molecular weight is 584 g/mol. The number of para-hydroxylation sites is 1. The first-order valence-corrected chi connectivity index (χ1v) is 15.5. The third-order valence-corrected chi connectivity index (χ3v) is 8.79. The number of anilines is 1. The lowest BCUT2D eigenvalue weighted by Crippen LogP contribution is -2.53. The van der Waals surface area contributed by atoms with Crippen molar-refractivity contribution < 1.29 is 18.0 Å². The van der Waals surface area contributed by atoms with Crippen LogP contribution in [0, 0.1) is 6.92 Å². The van der Waals surface area contributed by atoms with Crippen LogP contribution in [0.4, 0.5) is 5.69 Å². The first-order chi connectivity index (χ1) is 19.2. The number of hydrogen-bond acceptors (Lipinski definition) is 4. The minimum atomic E-state index is -4.13. The van der Waals surface area contributed by atoms with Crippen LogP contribution in [0.25, 0.3) is 0 Å². The van der Waals surface area contributed by atoms with E-state index in [-0.39, 0.29) is 17.3 Å². The molecular weight excluding hydrogens is 546 g/mol. The largest absolute Gasteiger partial charge is 0.354 e. The van der Waals surface area contributed by atoms with E-state index in [0.717, 1.165) is 22.7 Å². The fourth-order valence-electron chi connectivity index (χ4n) is 4.49. The first-order valence-electron chi connectivity index (χ1n) is 13.6. The van der Waals surface area contributed by atoms with Crippen LogP contribution in [-0.4, -0.2) is 50.8 Å². The molecule has 7 nitrogen and oxygen atoms in total. The molecule has 40 heavy (non-hydrogen) atoms. The van der Waals surface area contributed by atoms with Gasteiger partial charge in [-0.05, 0) is 67.6 Å². The predicted octanol–water partition coefficient (Wildman–Crippen LogP) is 5.61. The van der Waals surface area contributed by atoms with Gasteiger partial charge in [-0.2, -0.15) is 0 Å². The quantitative estimate of drug-likeness (QED) is 0.250. The summed E-state index contributed by atoms with van der Waals surface area (Å²) in [6, 6.07) is 21.9. The summed E-state index contributed by atoms with van der Waals surface area (Å²) in [4.78, 5) is 28.8. The Morgan fingerprint density at radius 3 is 2.20 bits per heavy atom. The maximum atomic E-state index is 14.0. The second kappa shape index (κ2) is 14.9. The Labute approximate surface area is 243 Å². The number of aryl methyl sites for hydroxylation is 1. The van der Waals surface area contributed by atoms with E-state index in [1.54, 1.807) is 25.1 Å². The predicted molar refractivity (Wildman–Crippen MR) is 161 cm³/mol. The summed E-state index contributed by atoms with van der Waals surface area (Å²) in [5.41, 5.74) is 2.12. The molecule has 0 aromatic heterocycles. The van der Waals surface area contributed by atoms with Crippen LogP contribution < -0.4 is 9.62 Å². The highest BCUT2D eigenvalue weighted by Crippen LogP contribution is 2.28. The molecule has 0 saturated heterocycles. The SMILES string of the molecule is CCCCNC(=O)[C@@H](CC)N(CCc1ccccc1)C(=O)CN(c1ccccc1C)S(=O)(=O)c1ccc(Cl)cc1. The lowest BCUT2D eigenvalue weighted by Gasteiger charge is -2.33. The molecule has 3 aromatic carbocycles. The van der Waals surface area contributed by atoms with Crippen molar-refractivity contribution in [2.75, 3.05) is 23.9 Å². The number of hydrogen-bond donors (Lipinski definition) is 1. The number of benzene rings is 3. The molecule has 3 aromatic rings. The van der Waals surface area contributed by atoms with Gasteiger partial charge in [-0.15, -0.1) is 0 Å². The Bertz CT molecular complexity index is 1360. The lowest BCUT2D eigenvalue weighted by molar-refractivity contribution is -0.139. The Morgan fingerprint density at radius 2 is 1.57 bits per heavy atom. The highest BCUT2D eigenvalue weighted by molar-refractivity contribution is 7.92. The van der Waals surface area contributed by atoms with Crippen molar-refractivity contribution >= 4 is 39.1 Å². The molecule has 0 fully saturated rings. The van der Waals surface area contributed by atoms with Crippen LogP contribution in [0.1, 0.15) is 44.2 Å². The van der Waals surface area contributed by atoms with E-state index in [1.807, 2.05) is 50.2 Å². The van der Waals surface area contributed by atoms with E-state index in [1.165, 1.54) is 29.2 Å². The Morgan fingerprint density at radius 1 is 0.925 bits per heavy atom. The molecule has 2 amide bonds. The number of amides is 2. The maximum Gasteiger partial charge on any atom is 0.264 e. The molecule has 214 valence electrons. The molecule has 0 radical (unpaired) electrons. The van der Waals surface area contributed by atoms with Crippen molar-refractivity contribution in [3.8, 4) is 0 Å². The number of nitrogens with one attached hydrogen (secondary N) is 1. The van der Waals surface area contributed by atoms with Gasteiger partial charge in [0.15, 0.2) is 0 Å². The van der Waals surface area contributed by atoms with Gasteiger partial charge in [-0.1, -0.05) is 80.4 Å². The molecule has 0 saturated carbocycles. The minimum Gasteiger partial charge on any atom is -0.354 e. The molecule has 0 heterocycles. The van der Waals surface area contributed by atoms with Crippen LogP contribution in [0.5, 0.6) is 0 Å². The molecular formula is C31H38ClN3O4S. The molecule has 9 heteroatoms. The van der Waals surface area contributed by atoms with Crippen molar-refractivity contribution in [3.63, 3.8) is 0 Å². The van der Waals surface area contributed by atoms with E-state index >= 15 is 0 Å². The average Bonchev–Trinajstić information content (AvgIpc) is 2.95. The van der Waals surface area contributed by atoms with Gasteiger partial charge in [0.2, 0.25) is 11.8 Å². The Kier molecular flexibility index (Phi) is 11.6. The standard InChI is InChI=1S/C31H38ClN3O4S/c1-4-6-21-33-31(37)28(5-2)34(22-20-25-13-8-7-9-14-25)30(36)23-35(29-15-11-10-12-24(29)3)40(38,39)27-18-16-26(32)17-19-27/h7-19,28H,4-6,20-23H2,1-3H3,(H,33,37)/t28-/m1/s1. The van der Waals surface area contributed by atoms with E-state index in [9.17, 15) is 18.0 Å². The van der Waals surface area contributed by atoms with Gasteiger partial charge in [-0.3, -0.25) is 13.9 Å². The minimum absolute atomic E-state index is 0.0214. The monoisotopic (exact) mass is 583 g/mol. The summed E-state index contributed by atoms with van der Waals surface area (Å²) in [7, 11) is -4.13. The van der Waals surface area contributed by atoms with Gasteiger partial charge >= 0.3 is 0 Å². The van der Waals surface area contributed by atoms with Crippen LogP contribution in [0.2, 0.25) is 5.02 Å². The summed E-state index contributed by atoms with van der Waals surface area (Å²) in [6.45, 7) is 6.03. The maximum absolute atomic E-state index is 14.0. The summed E-state index contributed by atoms with van der Waals surface area (Å²) in [5, 5.41) is 3.35. The Hall–Kier alpha value is -3.36. The summed E-state index contributed by atoms with van der Waals surface area (Å²) >= 11 is 6.01. The molecule has 0 aliphatic carbocycles. The molecule has 0 spiro atoms. The van der Waals surface area contributed by atoms with Crippen molar-refractivity contribution in [1.29, 1.82) is 0 Å². The third-order valence-electron chi connectivity index (χ3n) is 6.76. The first kappa shape index (κ1) is 31.2. The zero-order valence-electron chi connectivity index (χ0n) is 23.3. The van der Waals surface area contributed by atoms with Crippen LogP contribution >= 0.6 is 11.6 Å². The number of unbranched alkanes of at least 4 members (excludes halogenated alkanes) is 1. The van der Waals surface area contributed by atoms with Gasteiger partial charge in [0, 0.05) is 18.1 Å².